The van der Waals surface area contributed by atoms with Gasteiger partial charge in [-0.15, -0.1) is 0 Å². The van der Waals surface area contributed by atoms with Gasteiger partial charge in [-0.3, -0.25) is 0 Å². The van der Waals surface area contributed by atoms with E-state index in [0.29, 0.717) is 0 Å². The quantitative estimate of drug-likeness (QED) is 0.682. The normalized spacial score (nSPS) is 12.4. The summed E-state index contributed by atoms with van der Waals surface area (Å²) >= 11 is 7.21. The number of anilines is 1. The van der Waals surface area contributed by atoms with Crippen LogP contribution >= 0.6 is 31.9 Å². The molecule has 0 fully saturated rings. The second-order valence-electron chi connectivity index (χ2n) is 3.85. The lowest BCUT2D eigenvalue weighted by Gasteiger charge is -2.12. The minimum Gasteiger partial charge on any atom is -0.361 e. The summed E-state index contributed by atoms with van der Waals surface area (Å²) in [6.07, 6.45) is 4.07. The van der Waals surface area contributed by atoms with E-state index in [-0.39, 0.29) is 0 Å². The van der Waals surface area contributed by atoms with Crippen LogP contribution in [0.1, 0.15) is 5.56 Å². The van der Waals surface area contributed by atoms with Crippen LogP contribution in [0.25, 0.3) is 17.2 Å². The van der Waals surface area contributed by atoms with Crippen molar-refractivity contribution in [3.8, 4) is 11.1 Å². The van der Waals surface area contributed by atoms with Gasteiger partial charge in [0.1, 0.15) is 0 Å². The molecular formula is C14H9Br2N. The van der Waals surface area contributed by atoms with E-state index in [9.17, 15) is 0 Å². The van der Waals surface area contributed by atoms with E-state index in [0.717, 1.165) is 14.6 Å². The Bertz CT molecular complexity index is 618. The number of halogens is 2. The van der Waals surface area contributed by atoms with Gasteiger partial charge in [0, 0.05) is 26.4 Å². The van der Waals surface area contributed by atoms with Crippen molar-refractivity contribution >= 4 is 43.6 Å². The number of nitrogens with one attached hydrogen (secondary N) is 1. The fraction of sp³-hybridized carbons (Fsp3) is 0. The van der Waals surface area contributed by atoms with Crippen molar-refractivity contribution in [3.63, 3.8) is 0 Å². The van der Waals surface area contributed by atoms with Crippen LogP contribution in [-0.2, 0) is 0 Å². The number of hydrogen-bond acceptors (Lipinski definition) is 1. The Morgan fingerprint density at radius 2 is 1.76 bits per heavy atom. The van der Waals surface area contributed by atoms with Crippen molar-refractivity contribution in [2.24, 2.45) is 0 Å². The van der Waals surface area contributed by atoms with Crippen LogP contribution in [-0.4, -0.2) is 0 Å². The van der Waals surface area contributed by atoms with Crippen molar-refractivity contribution in [3.05, 3.63) is 57.1 Å². The van der Waals surface area contributed by atoms with Crippen LogP contribution in [0.2, 0.25) is 0 Å². The Morgan fingerprint density at radius 1 is 0.941 bits per heavy atom. The molecule has 1 heterocycles. The Morgan fingerprint density at radius 3 is 2.65 bits per heavy atom. The maximum absolute atomic E-state index is 3.66. The summed E-state index contributed by atoms with van der Waals surface area (Å²) in [6, 6.07) is 12.5. The zero-order valence-corrected chi connectivity index (χ0v) is 12.0. The number of rotatable bonds is 0. The molecule has 0 radical (unpaired) electrons. The van der Waals surface area contributed by atoms with Gasteiger partial charge >= 0.3 is 0 Å². The van der Waals surface area contributed by atoms with E-state index in [1.807, 2.05) is 12.3 Å². The molecule has 0 bridgehead atoms. The van der Waals surface area contributed by atoms with E-state index >= 15 is 0 Å². The van der Waals surface area contributed by atoms with Gasteiger partial charge in [0.2, 0.25) is 0 Å². The van der Waals surface area contributed by atoms with Gasteiger partial charge in [-0.05, 0) is 61.2 Å². The second-order valence-corrected chi connectivity index (χ2v) is 5.50. The molecule has 17 heavy (non-hydrogen) atoms. The largest absolute Gasteiger partial charge is 0.361 e. The summed E-state index contributed by atoms with van der Waals surface area (Å²) in [5, 5.41) is 3.31. The Labute approximate surface area is 117 Å². The molecule has 0 amide bonds. The van der Waals surface area contributed by atoms with Gasteiger partial charge in [-0.25, -0.2) is 0 Å². The first-order valence-electron chi connectivity index (χ1n) is 5.28. The molecule has 0 aliphatic carbocycles. The monoisotopic (exact) mass is 349 g/mol. The molecule has 1 aliphatic heterocycles. The third-order valence-electron chi connectivity index (χ3n) is 2.83. The lowest BCUT2D eigenvalue weighted by atomic mass is 9.99. The van der Waals surface area contributed by atoms with Gasteiger partial charge in [0.15, 0.2) is 0 Å². The molecule has 1 nitrogen and oxygen atoms in total. The minimum atomic E-state index is 1.06. The third-order valence-corrected chi connectivity index (χ3v) is 4.84. The fourth-order valence-electron chi connectivity index (χ4n) is 2.03. The fourth-order valence-corrected chi connectivity index (χ4v) is 2.92. The molecule has 0 spiro atoms. The van der Waals surface area contributed by atoms with Crippen LogP contribution in [0.15, 0.2) is 51.5 Å². The molecule has 1 N–H and O–H groups in total. The maximum atomic E-state index is 3.66. The van der Waals surface area contributed by atoms with Crippen molar-refractivity contribution in [1.29, 1.82) is 0 Å². The van der Waals surface area contributed by atoms with E-state index < -0.39 is 0 Å². The molecule has 84 valence electrons. The molecule has 0 saturated heterocycles. The Kier molecular flexibility index (Phi) is 2.81. The maximum Gasteiger partial charge on any atom is 0.0471 e. The summed E-state index contributed by atoms with van der Waals surface area (Å²) in [5.41, 5.74) is 4.76. The first kappa shape index (κ1) is 11.1. The molecule has 0 atom stereocenters. The summed E-state index contributed by atoms with van der Waals surface area (Å²) in [7, 11) is 0. The molecular weight excluding hydrogens is 342 g/mol. The minimum absolute atomic E-state index is 1.06. The van der Waals surface area contributed by atoms with Gasteiger partial charge in [0.05, 0.1) is 0 Å². The average Bonchev–Trinajstić information content (AvgIpc) is 2.53. The summed E-state index contributed by atoms with van der Waals surface area (Å²) < 4.78 is 2.15. The van der Waals surface area contributed by atoms with Crippen LogP contribution in [0.3, 0.4) is 0 Å². The van der Waals surface area contributed by atoms with E-state index in [1.54, 1.807) is 0 Å². The van der Waals surface area contributed by atoms with Crippen molar-refractivity contribution in [2.45, 2.75) is 0 Å². The highest BCUT2D eigenvalue weighted by molar-refractivity contribution is 9.13. The summed E-state index contributed by atoms with van der Waals surface area (Å²) in [5.74, 6) is 0. The van der Waals surface area contributed by atoms with Gasteiger partial charge in [0.25, 0.3) is 0 Å². The van der Waals surface area contributed by atoms with Crippen LogP contribution in [0.4, 0.5) is 5.69 Å². The average molecular weight is 351 g/mol. The smallest absolute Gasteiger partial charge is 0.0471 e. The summed E-state index contributed by atoms with van der Waals surface area (Å²) in [4.78, 5) is 0. The molecule has 3 rings (SSSR count). The predicted octanol–water partition coefficient (Wildman–Crippen LogP) is 5.27. The van der Waals surface area contributed by atoms with Gasteiger partial charge in [-0.2, -0.15) is 0 Å². The second kappa shape index (κ2) is 4.31. The number of benzene rings is 2. The SMILES string of the molecule is Brc1ccc2c(c1Br)-c1ccccc1C=CN2. The van der Waals surface area contributed by atoms with E-state index in [4.69, 9.17) is 0 Å². The van der Waals surface area contributed by atoms with Crippen molar-refractivity contribution in [2.75, 3.05) is 5.32 Å². The molecule has 2 aromatic carbocycles. The van der Waals surface area contributed by atoms with Crippen molar-refractivity contribution < 1.29 is 0 Å². The zero-order valence-electron chi connectivity index (χ0n) is 8.87. The third kappa shape index (κ3) is 1.83. The lowest BCUT2D eigenvalue weighted by Crippen LogP contribution is -1.91. The number of hydrogen-bond donors (Lipinski definition) is 1. The molecule has 0 saturated carbocycles. The highest BCUT2D eigenvalue weighted by Gasteiger charge is 2.15. The molecule has 0 aromatic heterocycles. The number of fused-ring (bicyclic) bond motifs is 3. The van der Waals surface area contributed by atoms with Crippen molar-refractivity contribution in [1.82, 2.24) is 0 Å². The van der Waals surface area contributed by atoms with E-state index in [1.165, 1.54) is 16.7 Å². The highest BCUT2D eigenvalue weighted by atomic mass is 79.9. The molecule has 3 heteroatoms. The van der Waals surface area contributed by atoms with Crippen LogP contribution in [0.5, 0.6) is 0 Å². The van der Waals surface area contributed by atoms with E-state index in [2.05, 4.69) is 73.6 Å². The van der Waals surface area contributed by atoms with Crippen LogP contribution < -0.4 is 5.32 Å². The first-order valence-corrected chi connectivity index (χ1v) is 6.86. The lowest BCUT2D eigenvalue weighted by molar-refractivity contribution is 1.52. The Balaban J connectivity index is 2.39. The first-order chi connectivity index (χ1) is 8.27. The standard InChI is InChI=1S/C14H9Br2N/c15-11-5-6-12-13(14(11)16)10-4-2-1-3-9(10)7-8-17-12/h1-8,17H. The molecule has 0 unspecified atom stereocenters. The Hall–Kier alpha value is -1.06. The topological polar surface area (TPSA) is 12.0 Å². The van der Waals surface area contributed by atoms with Gasteiger partial charge < -0.3 is 5.32 Å². The zero-order chi connectivity index (χ0) is 11.8. The summed E-state index contributed by atoms with van der Waals surface area (Å²) in [6.45, 7) is 0. The predicted molar refractivity (Wildman–Crippen MR) is 79.9 cm³/mol. The highest BCUT2D eigenvalue weighted by Crippen LogP contribution is 2.42. The van der Waals surface area contributed by atoms with Crippen LogP contribution in [0, 0.1) is 0 Å². The molecule has 2 aromatic rings. The van der Waals surface area contributed by atoms with Gasteiger partial charge in [-0.1, -0.05) is 24.3 Å². The molecule has 1 aliphatic rings.